The van der Waals surface area contributed by atoms with E-state index in [0.717, 1.165) is 30.3 Å². The first-order valence-corrected chi connectivity index (χ1v) is 6.79. The predicted molar refractivity (Wildman–Crippen MR) is 84.9 cm³/mol. The van der Waals surface area contributed by atoms with Gasteiger partial charge in [-0.1, -0.05) is 6.92 Å². The largest absolute Gasteiger partial charge is 0.378 e. The summed E-state index contributed by atoms with van der Waals surface area (Å²) in [6.45, 7) is 3.04. The third kappa shape index (κ3) is 3.85. The van der Waals surface area contributed by atoms with Crippen molar-refractivity contribution >= 4 is 23.0 Å². The van der Waals surface area contributed by atoms with E-state index in [9.17, 15) is 0 Å². The quantitative estimate of drug-likeness (QED) is 0.845. The van der Waals surface area contributed by atoms with Gasteiger partial charge in [-0.2, -0.15) is 0 Å². The number of aromatic nitrogens is 2. The zero-order chi connectivity index (χ0) is 14.4. The average Bonchev–Trinajstić information content (AvgIpc) is 2.46. The van der Waals surface area contributed by atoms with E-state index in [1.54, 1.807) is 6.33 Å². The summed E-state index contributed by atoms with van der Waals surface area (Å²) in [5, 5.41) is 6.52. The van der Waals surface area contributed by atoms with E-state index < -0.39 is 0 Å². The van der Waals surface area contributed by atoms with Gasteiger partial charge in [-0.15, -0.1) is 0 Å². The SMILES string of the molecule is CCCNc1cc(Nc2ccc(N(C)C)cc2)ncn1. The van der Waals surface area contributed by atoms with E-state index in [0.29, 0.717) is 0 Å². The van der Waals surface area contributed by atoms with Crippen LogP contribution in [-0.4, -0.2) is 30.6 Å². The van der Waals surface area contributed by atoms with Crippen molar-refractivity contribution in [3.05, 3.63) is 36.7 Å². The van der Waals surface area contributed by atoms with Crippen LogP contribution in [-0.2, 0) is 0 Å². The summed E-state index contributed by atoms with van der Waals surface area (Å²) < 4.78 is 0. The number of anilines is 4. The van der Waals surface area contributed by atoms with Crippen LogP contribution in [0.15, 0.2) is 36.7 Å². The van der Waals surface area contributed by atoms with Gasteiger partial charge in [0.25, 0.3) is 0 Å². The Hall–Kier alpha value is -2.30. The van der Waals surface area contributed by atoms with Crippen molar-refractivity contribution in [2.24, 2.45) is 0 Å². The molecule has 20 heavy (non-hydrogen) atoms. The first-order chi connectivity index (χ1) is 9.69. The molecule has 0 bridgehead atoms. The molecule has 2 aromatic rings. The Balaban J connectivity index is 2.05. The molecule has 0 unspecified atom stereocenters. The van der Waals surface area contributed by atoms with E-state index in [1.807, 2.05) is 32.3 Å². The molecule has 0 spiro atoms. The maximum Gasteiger partial charge on any atom is 0.135 e. The van der Waals surface area contributed by atoms with Gasteiger partial charge in [0, 0.05) is 38.1 Å². The number of nitrogens with one attached hydrogen (secondary N) is 2. The van der Waals surface area contributed by atoms with Crippen LogP contribution in [0.2, 0.25) is 0 Å². The van der Waals surface area contributed by atoms with E-state index in [1.165, 1.54) is 5.69 Å². The Labute approximate surface area is 120 Å². The number of benzene rings is 1. The summed E-state index contributed by atoms with van der Waals surface area (Å²) >= 11 is 0. The smallest absolute Gasteiger partial charge is 0.135 e. The molecule has 1 heterocycles. The van der Waals surface area contributed by atoms with Crippen molar-refractivity contribution in [2.45, 2.75) is 13.3 Å². The molecule has 0 aliphatic rings. The number of rotatable bonds is 6. The van der Waals surface area contributed by atoms with Gasteiger partial charge in [0.05, 0.1) is 0 Å². The molecule has 2 N–H and O–H groups in total. The normalized spacial score (nSPS) is 10.2. The first-order valence-electron chi connectivity index (χ1n) is 6.79. The lowest BCUT2D eigenvalue weighted by atomic mass is 10.2. The molecule has 0 saturated carbocycles. The van der Waals surface area contributed by atoms with Gasteiger partial charge in [0.2, 0.25) is 0 Å². The predicted octanol–water partition coefficient (Wildman–Crippen LogP) is 3.11. The minimum Gasteiger partial charge on any atom is -0.378 e. The van der Waals surface area contributed by atoms with E-state index in [-0.39, 0.29) is 0 Å². The maximum atomic E-state index is 4.23. The average molecular weight is 271 g/mol. The molecule has 0 radical (unpaired) electrons. The van der Waals surface area contributed by atoms with E-state index in [4.69, 9.17) is 0 Å². The van der Waals surface area contributed by atoms with Gasteiger partial charge in [-0.05, 0) is 30.7 Å². The molecule has 0 aliphatic carbocycles. The number of nitrogens with zero attached hydrogens (tertiary/aromatic N) is 3. The lowest BCUT2D eigenvalue weighted by molar-refractivity contribution is 0.965. The van der Waals surface area contributed by atoms with E-state index in [2.05, 4.69) is 44.6 Å². The fraction of sp³-hybridized carbons (Fsp3) is 0.333. The fourth-order valence-corrected chi connectivity index (χ4v) is 1.77. The highest BCUT2D eigenvalue weighted by molar-refractivity contribution is 5.62. The monoisotopic (exact) mass is 271 g/mol. The van der Waals surface area contributed by atoms with Crippen LogP contribution in [0.25, 0.3) is 0 Å². The zero-order valence-corrected chi connectivity index (χ0v) is 12.2. The highest BCUT2D eigenvalue weighted by atomic mass is 15.1. The minimum absolute atomic E-state index is 0.788. The highest BCUT2D eigenvalue weighted by Crippen LogP contribution is 2.19. The Bertz CT molecular complexity index is 536. The standard InChI is InChI=1S/C15H21N5/c1-4-9-16-14-10-15(18-11-17-14)19-12-5-7-13(8-6-12)20(2)3/h5-8,10-11H,4,9H2,1-3H3,(H2,16,17,18,19). The molecule has 1 aromatic carbocycles. The fourth-order valence-electron chi connectivity index (χ4n) is 1.77. The lowest BCUT2D eigenvalue weighted by Gasteiger charge is -2.13. The van der Waals surface area contributed by atoms with Crippen LogP contribution in [0.5, 0.6) is 0 Å². The van der Waals surface area contributed by atoms with Gasteiger partial charge >= 0.3 is 0 Å². The van der Waals surface area contributed by atoms with Gasteiger partial charge in [0.15, 0.2) is 0 Å². The summed E-state index contributed by atoms with van der Waals surface area (Å²) in [6.07, 6.45) is 2.63. The van der Waals surface area contributed by atoms with Gasteiger partial charge in [-0.25, -0.2) is 9.97 Å². The van der Waals surface area contributed by atoms with Crippen LogP contribution in [0, 0.1) is 0 Å². The van der Waals surface area contributed by atoms with Crippen molar-refractivity contribution in [1.82, 2.24) is 9.97 Å². The molecular weight excluding hydrogens is 250 g/mol. The second-order valence-corrected chi connectivity index (χ2v) is 4.78. The third-order valence-electron chi connectivity index (χ3n) is 2.88. The van der Waals surface area contributed by atoms with Crippen molar-refractivity contribution < 1.29 is 0 Å². The first kappa shape index (κ1) is 14.1. The van der Waals surface area contributed by atoms with Gasteiger partial charge in [0.1, 0.15) is 18.0 Å². The molecule has 1 aromatic heterocycles. The maximum absolute atomic E-state index is 4.23. The topological polar surface area (TPSA) is 53.1 Å². The summed E-state index contributed by atoms with van der Waals surface area (Å²) in [5.41, 5.74) is 2.18. The molecular formula is C15H21N5. The Morgan fingerprint density at radius 3 is 2.40 bits per heavy atom. The number of hydrogen-bond acceptors (Lipinski definition) is 5. The van der Waals surface area contributed by atoms with Crippen molar-refractivity contribution in [3.8, 4) is 0 Å². The highest BCUT2D eigenvalue weighted by Gasteiger charge is 2.00. The Morgan fingerprint density at radius 2 is 1.75 bits per heavy atom. The van der Waals surface area contributed by atoms with Crippen molar-refractivity contribution in [3.63, 3.8) is 0 Å². The minimum atomic E-state index is 0.788. The van der Waals surface area contributed by atoms with Crippen LogP contribution in [0.3, 0.4) is 0 Å². The molecule has 0 fully saturated rings. The second-order valence-electron chi connectivity index (χ2n) is 4.78. The molecule has 2 rings (SSSR count). The van der Waals surface area contributed by atoms with Gasteiger partial charge < -0.3 is 15.5 Å². The molecule has 0 atom stereocenters. The zero-order valence-electron chi connectivity index (χ0n) is 12.2. The van der Waals surface area contributed by atoms with Crippen LogP contribution < -0.4 is 15.5 Å². The summed E-state index contributed by atoms with van der Waals surface area (Å²) in [5.74, 6) is 1.63. The molecule has 0 aliphatic heterocycles. The van der Waals surface area contributed by atoms with Crippen molar-refractivity contribution in [2.75, 3.05) is 36.2 Å². The molecule has 0 amide bonds. The van der Waals surface area contributed by atoms with E-state index >= 15 is 0 Å². The second kappa shape index (κ2) is 6.75. The summed E-state index contributed by atoms with van der Waals surface area (Å²) in [6, 6.07) is 10.1. The third-order valence-corrected chi connectivity index (χ3v) is 2.88. The van der Waals surface area contributed by atoms with Crippen molar-refractivity contribution in [1.29, 1.82) is 0 Å². The molecule has 0 saturated heterocycles. The van der Waals surface area contributed by atoms with Crippen LogP contribution >= 0.6 is 0 Å². The molecule has 5 heteroatoms. The lowest BCUT2D eigenvalue weighted by Crippen LogP contribution is -2.08. The summed E-state index contributed by atoms with van der Waals surface area (Å²) in [4.78, 5) is 10.5. The Morgan fingerprint density at radius 1 is 1.05 bits per heavy atom. The van der Waals surface area contributed by atoms with Crippen LogP contribution in [0.1, 0.15) is 13.3 Å². The van der Waals surface area contributed by atoms with Crippen LogP contribution in [0.4, 0.5) is 23.0 Å². The summed E-state index contributed by atoms with van der Waals surface area (Å²) in [7, 11) is 4.05. The molecule has 106 valence electrons. The van der Waals surface area contributed by atoms with Gasteiger partial charge in [-0.3, -0.25) is 0 Å². The Kier molecular flexibility index (Phi) is 4.76. The number of hydrogen-bond donors (Lipinski definition) is 2. The molecule has 5 nitrogen and oxygen atoms in total.